The Morgan fingerprint density at radius 1 is 1.16 bits per heavy atom. The fraction of sp³-hybridized carbons (Fsp3) is 0.696. The first kappa shape index (κ1) is 22.7. The zero-order valence-electron chi connectivity index (χ0n) is 19.0. The highest BCUT2D eigenvalue weighted by Gasteiger charge is 2.64. The van der Waals surface area contributed by atoms with Crippen LogP contribution in [0.4, 0.5) is 10.5 Å². The van der Waals surface area contributed by atoms with Crippen LogP contribution in [0.5, 0.6) is 0 Å². The van der Waals surface area contributed by atoms with Gasteiger partial charge in [-0.25, -0.2) is 4.79 Å². The quantitative estimate of drug-likeness (QED) is 0.700. The summed E-state index contributed by atoms with van der Waals surface area (Å²) in [6.45, 7) is 7.14. The first-order chi connectivity index (χ1) is 14.9. The number of sulfonamides is 1. The van der Waals surface area contributed by atoms with E-state index in [0.29, 0.717) is 18.8 Å². The van der Waals surface area contributed by atoms with Crippen molar-refractivity contribution in [3.8, 4) is 0 Å². The van der Waals surface area contributed by atoms with Crippen LogP contribution in [-0.4, -0.2) is 82.9 Å². The Morgan fingerprint density at radius 2 is 1.84 bits per heavy atom. The van der Waals surface area contributed by atoms with Crippen LogP contribution in [-0.2, 0) is 15.4 Å². The molecule has 0 aliphatic carbocycles. The largest absolute Gasteiger partial charge is 0.439 e. The molecule has 2 saturated heterocycles. The number of likely N-dealkylation sites (tertiary alicyclic amines) is 1. The predicted molar refractivity (Wildman–Crippen MR) is 125 cm³/mol. The number of nitrogens with zero attached hydrogens (tertiary/aromatic N) is 3. The van der Waals surface area contributed by atoms with Crippen molar-refractivity contribution in [2.45, 2.75) is 44.4 Å². The minimum absolute atomic E-state index is 0.0542. The number of likely N-dealkylation sites (N-methyl/N-ethyl adjacent to an activating group) is 1. The van der Waals surface area contributed by atoms with Crippen LogP contribution in [0.15, 0.2) is 24.3 Å². The molecular formula is C23H37N4O3S+. The summed E-state index contributed by atoms with van der Waals surface area (Å²) >= 11 is 0. The second kappa shape index (κ2) is 8.81. The number of urea groups is 1. The molecule has 3 heterocycles. The first-order valence-electron chi connectivity index (χ1n) is 11.8. The normalized spacial score (nSPS) is 26.0. The summed E-state index contributed by atoms with van der Waals surface area (Å²) in [7, 11) is -1.95. The third-order valence-corrected chi connectivity index (χ3v) is 9.79. The molecule has 0 bridgehead atoms. The molecule has 1 unspecified atom stereocenters. The van der Waals surface area contributed by atoms with Gasteiger partial charge in [0.2, 0.25) is 0 Å². The van der Waals surface area contributed by atoms with Gasteiger partial charge in [0.15, 0.2) is 5.69 Å². The Bertz CT molecular complexity index is 907. The second-order valence-corrected chi connectivity index (χ2v) is 11.8. The zero-order chi connectivity index (χ0) is 22.1. The molecular weight excluding hydrogens is 412 g/mol. The van der Waals surface area contributed by atoms with Crippen LogP contribution in [0.25, 0.3) is 0 Å². The minimum Gasteiger partial charge on any atom is -0.317 e. The number of rotatable bonds is 5. The van der Waals surface area contributed by atoms with Crippen molar-refractivity contribution in [1.29, 1.82) is 0 Å². The molecule has 0 saturated carbocycles. The van der Waals surface area contributed by atoms with Crippen molar-refractivity contribution in [2.24, 2.45) is 0 Å². The van der Waals surface area contributed by atoms with Crippen LogP contribution in [0.3, 0.4) is 0 Å². The third-order valence-electron chi connectivity index (χ3n) is 7.63. The fourth-order valence-electron chi connectivity index (χ4n) is 5.77. The molecule has 3 aliphatic heterocycles. The van der Waals surface area contributed by atoms with Gasteiger partial charge in [0.05, 0.1) is 11.2 Å². The Hall–Kier alpha value is -1.48. The molecule has 2 fully saturated rings. The van der Waals surface area contributed by atoms with Crippen molar-refractivity contribution in [3.05, 3.63) is 29.8 Å². The van der Waals surface area contributed by atoms with E-state index in [1.54, 1.807) is 18.9 Å². The standard InChI is InChI=1S/C23H37N4O3S/c1-3-31(29,30)27(22(28)25(2)17-18-26-15-7-4-8-16-26)19-23(11-13-24-14-12-23)20-9-5-6-10-21(20)27/h5-6,9-10,24H,3-4,7-8,11-19H2,1-2H3/q+1. The molecule has 1 spiro atoms. The van der Waals surface area contributed by atoms with Crippen LogP contribution < -0.4 is 9.21 Å². The SMILES string of the molecule is CCS(=O)(=O)[N+]1(C(=O)N(C)CCN2CCCCC2)CC2(CCNCC2)c2ccccc21. The topological polar surface area (TPSA) is 69.7 Å². The average Bonchev–Trinajstić information content (AvgIpc) is 3.09. The molecule has 8 heteroatoms. The maximum atomic E-state index is 14.0. The monoisotopic (exact) mass is 449 g/mol. The van der Waals surface area contributed by atoms with Gasteiger partial charge in [-0.1, -0.05) is 24.6 Å². The van der Waals surface area contributed by atoms with Gasteiger partial charge >= 0.3 is 16.1 Å². The number of nitrogens with one attached hydrogen (secondary N) is 1. The van der Waals surface area contributed by atoms with Gasteiger partial charge in [-0.3, -0.25) is 4.90 Å². The lowest BCUT2D eigenvalue weighted by Gasteiger charge is -2.37. The maximum absolute atomic E-state index is 14.0. The number of piperidine rings is 2. The Balaban J connectivity index is 1.70. The first-order valence-corrected chi connectivity index (χ1v) is 13.4. The summed E-state index contributed by atoms with van der Waals surface area (Å²) in [5, 5.41) is 3.40. The highest BCUT2D eigenvalue weighted by atomic mass is 32.2. The summed E-state index contributed by atoms with van der Waals surface area (Å²) in [5.74, 6) is -0.0542. The molecule has 31 heavy (non-hydrogen) atoms. The Morgan fingerprint density at radius 3 is 2.52 bits per heavy atom. The van der Waals surface area contributed by atoms with Gasteiger partial charge in [-0.05, 0) is 58.8 Å². The van der Waals surface area contributed by atoms with E-state index in [0.717, 1.165) is 51.1 Å². The number of para-hydroxylation sites is 1. The number of amides is 2. The molecule has 7 nitrogen and oxygen atoms in total. The average molecular weight is 450 g/mol. The number of benzene rings is 1. The highest BCUT2D eigenvalue weighted by molar-refractivity contribution is 7.91. The maximum Gasteiger partial charge on any atom is 0.439 e. The number of quaternary nitrogens is 1. The van der Waals surface area contributed by atoms with E-state index in [4.69, 9.17) is 0 Å². The lowest BCUT2D eigenvalue weighted by atomic mass is 9.75. The number of hydrogen-bond acceptors (Lipinski definition) is 5. The smallest absolute Gasteiger partial charge is 0.317 e. The van der Waals surface area contributed by atoms with Crippen LogP contribution >= 0.6 is 0 Å². The van der Waals surface area contributed by atoms with Crippen molar-refractivity contribution in [3.63, 3.8) is 0 Å². The van der Waals surface area contributed by atoms with Gasteiger partial charge in [0.1, 0.15) is 6.54 Å². The van der Waals surface area contributed by atoms with E-state index in [-0.39, 0.29) is 17.2 Å². The molecule has 0 radical (unpaired) electrons. The zero-order valence-corrected chi connectivity index (χ0v) is 19.8. The highest BCUT2D eigenvalue weighted by Crippen LogP contribution is 2.52. The molecule has 1 aromatic rings. The molecule has 2 amide bonds. The summed E-state index contributed by atoms with van der Waals surface area (Å²) in [5.41, 5.74) is 1.44. The number of carbonyl (C=O) groups excluding carboxylic acids is 1. The lowest BCUT2D eigenvalue weighted by molar-refractivity contribution is 0.165. The Labute approximate surface area is 187 Å². The van der Waals surface area contributed by atoms with Crippen molar-refractivity contribution < 1.29 is 13.2 Å². The van der Waals surface area contributed by atoms with Crippen molar-refractivity contribution in [2.75, 3.05) is 58.6 Å². The predicted octanol–water partition coefficient (Wildman–Crippen LogP) is 2.52. The minimum atomic E-state index is -3.72. The van der Waals surface area contributed by atoms with Crippen molar-refractivity contribution >= 4 is 21.7 Å². The van der Waals surface area contributed by atoms with E-state index in [9.17, 15) is 13.2 Å². The molecule has 3 aliphatic rings. The Kier molecular flexibility index (Phi) is 6.45. The van der Waals surface area contributed by atoms with Crippen LogP contribution in [0, 0.1) is 0 Å². The van der Waals surface area contributed by atoms with Gasteiger partial charge in [-0.15, -0.1) is 3.89 Å². The molecule has 1 N–H and O–H groups in total. The van der Waals surface area contributed by atoms with Gasteiger partial charge in [0.25, 0.3) is 0 Å². The number of carbonyl (C=O) groups is 1. The summed E-state index contributed by atoms with van der Waals surface area (Å²) < 4.78 is 26.8. The summed E-state index contributed by atoms with van der Waals surface area (Å²) in [6.07, 6.45) is 5.38. The van der Waals surface area contributed by atoms with Crippen molar-refractivity contribution in [1.82, 2.24) is 19.0 Å². The van der Waals surface area contributed by atoms with E-state index in [1.165, 1.54) is 19.3 Å². The van der Waals surface area contributed by atoms with Gasteiger partial charge in [0, 0.05) is 31.8 Å². The molecule has 0 aromatic heterocycles. The molecule has 4 rings (SSSR count). The lowest BCUT2D eigenvalue weighted by Crippen LogP contribution is -2.64. The van der Waals surface area contributed by atoms with E-state index < -0.39 is 13.9 Å². The molecule has 1 aromatic carbocycles. The molecule has 1 atom stereocenters. The number of fused-ring (bicyclic) bond motifs is 2. The van der Waals surface area contributed by atoms with Gasteiger partial charge < -0.3 is 10.2 Å². The summed E-state index contributed by atoms with van der Waals surface area (Å²) in [6, 6.07) is 7.47. The fourth-order valence-corrected chi connectivity index (χ4v) is 7.49. The third kappa shape index (κ3) is 3.81. The number of hydrogen-bond donors (Lipinski definition) is 1. The van der Waals surface area contributed by atoms with E-state index in [2.05, 4.69) is 10.2 Å². The van der Waals surface area contributed by atoms with Crippen LogP contribution in [0.1, 0.15) is 44.6 Å². The van der Waals surface area contributed by atoms with Gasteiger partial charge in [-0.2, -0.15) is 8.42 Å². The second-order valence-electron chi connectivity index (χ2n) is 9.42. The van der Waals surface area contributed by atoms with E-state index >= 15 is 0 Å². The van der Waals surface area contributed by atoms with Crippen LogP contribution in [0.2, 0.25) is 0 Å². The van der Waals surface area contributed by atoms with E-state index in [1.807, 2.05) is 24.3 Å². The molecule has 172 valence electrons. The summed E-state index contributed by atoms with van der Waals surface area (Å²) in [4.78, 5) is 18.1.